The second kappa shape index (κ2) is 8.61. The molecule has 0 spiro atoms. The molecular formula is C20H19N3O5S. The summed E-state index contributed by atoms with van der Waals surface area (Å²) in [6.07, 6.45) is 2.67. The molecule has 2 aromatic carbocycles. The van der Waals surface area contributed by atoms with Gasteiger partial charge in [0, 0.05) is 18.0 Å². The lowest BCUT2D eigenvalue weighted by Crippen LogP contribution is -2.15. The Hall–Kier alpha value is -3.59. The molecule has 0 unspecified atom stereocenters. The van der Waals surface area contributed by atoms with E-state index in [2.05, 4.69) is 15.0 Å². The van der Waals surface area contributed by atoms with Crippen molar-refractivity contribution in [3.8, 4) is 11.5 Å². The Morgan fingerprint density at radius 3 is 2.31 bits per heavy atom. The summed E-state index contributed by atoms with van der Waals surface area (Å²) in [5.41, 5.74) is 0.852. The second-order valence-corrected chi connectivity index (χ2v) is 7.59. The fourth-order valence-electron chi connectivity index (χ4n) is 2.55. The monoisotopic (exact) mass is 413 g/mol. The Morgan fingerprint density at radius 1 is 0.897 bits per heavy atom. The SMILES string of the molecule is COc1ccc(NC(=O)c2cncc(NS(=O)(=O)c3ccccc3)c2)cc1OC. The summed E-state index contributed by atoms with van der Waals surface area (Å²) >= 11 is 0. The van der Waals surface area contributed by atoms with Crippen LogP contribution < -0.4 is 19.5 Å². The number of amides is 1. The third kappa shape index (κ3) is 4.82. The van der Waals surface area contributed by atoms with Gasteiger partial charge in [-0.15, -0.1) is 0 Å². The van der Waals surface area contributed by atoms with Gasteiger partial charge in [-0.2, -0.15) is 0 Å². The predicted molar refractivity (Wildman–Crippen MR) is 109 cm³/mol. The molecular weight excluding hydrogens is 394 g/mol. The van der Waals surface area contributed by atoms with E-state index in [1.165, 1.54) is 44.8 Å². The van der Waals surface area contributed by atoms with Gasteiger partial charge in [0.1, 0.15) is 0 Å². The minimum absolute atomic E-state index is 0.111. The number of hydrogen-bond acceptors (Lipinski definition) is 6. The molecule has 0 bridgehead atoms. The van der Waals surface area contributed by atoms with E-state index < -0.39 is 15.9 Å². The van der Waals surface area contributed by atoms with E-state index in [-0.39, 0.29) is 16.1 Å². The number of benzene rings is 2. The number of sulfonamides is 1. The average molecular weight is 413 g/mol. The van der Waals surface area contributed by atoms with E-state index in [9.17, 15) is 13.2 Å². The number of nitrogens with zero attached hydrogens (tertiary/aromatic N) is 1. The molecule has 3 aromatic rings. The number of carbonyl (C=O) groups is 1. The number of ether oxygens (including phenoxy) is 2. The zero-order valence-corrected chi connectivity index (χ0v) is 16.6. The van der Waals surface area contributed by atoms with Crippen LogP contribution in [-0.2, 0) is 10.0 Å². The van der Waals surface area contributed by atoms with Gasteiger partial charge in [0.2, 0.25) is 0 Å². The molecule has 0 saturated heterocycles. The molecule has 0 radical (unpaired) electrons. The van der Waals surface area contributed by atoms with Gasteiger partial charge in [0.15, 0.2) is 11.5 Å². The molecule has 9 heteroatoms. The third-order valence-corrected chi connectivity index (χ3v) is 5.34. The highest BCUT2D eigenvalue weighted by atomic mass is 32.2. The van der Waals surface area contributed by atoms with Gasteiger partial charge in [-0.05, 0) is 30.3 Å². The predicted octanol–water partition coefficient (Wildman–Crippen LogP) is 3.15. The van der Waals surface area contributed by atoms with Crippen LogP contribution in [-0.4, -0.2) is 33.5 Å². The zero-order chi connectivity index (χ0) is 20.9. The van der Waals surface area contributed by atoms with Crippen molar-refractivity contribution < 1.29 is 22.7 Å². The van der Waals surface area contributed by atoms with E-state index in [0.29, 0.717) is 17.2 Å². The van der Waals surface area contributed by atoms with Crippen molar-refractivity contribution >= 4 is 27.3 Å². The van der Waals surface area contributed by atoms with E-state index in [4.69, 9.17) is 9.47 Å². The molecule has 1 amide bonds. The van der Waals surface area contributed by atoms with Crippen molar-refractivity contribution in [1.82, 2.24) is 4.98 Å². The van der Waals surface area contributed by atoms with Gasteiger partial charge in [0.25, 0.3) is 15.9 Å². The Bertz CT molecular complexity index is 1120. The summed E-state index contributed by atoms with van der Waals surface area (Å²) in [4.78, 5) is 16.6. The van der Waals surface area contributed by atoms with Gasteiger partial charge in [-0.1, -0.05) is 18.2 Å². The molecule has 0 fully saturated rings. The molecule has 3 rings (SSSR count). The molecule has 0 saturated carbocycles. The zero-order valence-electron chi connectivity index (χ0n) is 15.7. The summed E-state index contributed by atoms with van der Waals surface area (Å²) < 4.78 is 37.7. The number of rotatable bonds is 7. The molecule has 0 atom stereocenters. The molecule has 0 aliphatic rings. The fourth-order valence-corrected chi connectivity index (χ4v) is 3.61. The number of hydrogen-bond donors (Lipinski definition) is 2. The van der Waals surface area contributed by atoms with Crippen LogP contribution in [0, 0.1) is 0 Å². The maximum atomic E-state index is 12.6. The van der Waals surface area contributed by atoms with Crippen LogP contribution >= 0.6 is 0 Å². The first-order valence-electron chi connectivity index (χ1n) is 8.49. The minimum Gasteiger partial charge on any atom is -0.493 e. The first-order chi connectivity index (χ1) is 13.9. The maximum absolute atomic E-state index is 12.6. The number of nitrogens with one attached hydrogen (secondary N) is 2. The lowest BCUT2D eigenvalue weighted by Gasteiger charge is -2.11. The maximum Gasteiger partial charge on any atom is 0.261 e. The van der Waals surface area contributed by atoms with Crippen molar-refractivity contribution in [3.05, 3.63) is 72.6 Å². The number of aromatic nitrogens is 1. The number of pyridine rings is 1. The standard InChI is InChI=1S/C20H19N3O5S/c1-27-18-9-8-15(11-19(18)28-2)22-20(24)14-10-16(13-21-12-14)23-29(25,26)17-6-4-3-5-7-17/h3-13,23H,1-2H3,(H,22,24). The second-order valence-electron chi connectivity index (χ2n) is 5.90. The topological polar surface area (TPSA) is 107 Å². The van der Waals surface area contributed by atoms with E-state index >= 15 is 0 Å². The number of anilines is 2. The van der Waals surface area contributed by atoms with Crippen LogP contribution in [0.1, 0.15) is 10.4 Å². The van der Waals surface area contributed by atoms with Crippen molar-refractivity contribution in [2.45, 2.75) is 4.90 Å². The highest BCUT2D eigenvalue weighted by molar-refractivity contribution is 7.92. The Labute approximate surface area is 168 Å². The summed E-state index contributed by atoms with van der Waals surface area (Å²) in [6, 6.07) is 14.3. The normalized spacial score (nSPS) is 10.8. The van der Waals surface area contributed by atoms with E-state index in [1.807, 2.05) is 0 Å². The minimum atomic E-state index is -3.78. The Kier molecular flexibility index (Phi) is 5.99. The van der Waals surface area contributed by atoms with Crippen LogP contribution in [0.15, 0.2) is 71.9 Å². The van der Waals surface area contributed by atoms with Crippen LogP contribution in [0.3, 0.4) is 0 Å². The summed E-state index contributed by atoms with van der Waals surface area (Å²) in [6.45, 7) is 0. The third-order valence-electron chi connectivity index (χ3n) is 3.95. The number of carbonyl (C=O) groups excluding carboxylic acids is 1. The van der Waals surface area contributed by atoms with Crippen molar-refractivity contribution in [1.29, 1.82) is 0 Å². The summed E-state index contributed by atoms with van der Waals surface area (Å²) in [5, 5.41) is 2.71. The van der Waals surface area contributed by atoms with Crippen LogP contribution in [0.4, 0.5) is 11.4 Å². The van der Waals surface area contributed by atoms with Crippen molar-refractivity contribution in [2.75, 3.05) is 24.3 Å². The van der Waals surface area contributed by atoms with Crippen LogP contribution in [0.25, 0.3) is 0 Å². The highest BCUT2D eigenvalue weighted by Gasteiger charge is 2.15. The largest absolute Gasteiger partial charge is 0.493 e. The molecule has 0 aliphatic carbocycles. The van der Waals surface area contributed by atoms with Crippen LogP contribution in [0.5, 0.6) is 11.5 Å². The summed E-state index contributed by atoms with van der Waals surface area (Å²) in [7, 11) is -0.770. The van der Waals surface area contributed by atoms with E-state index in [1.54, 1.807) is 36.4 Å². The number of methoxy groups -OCH3 is 2. The Balaban J connectivity index is 1.78. The molecule has 1 heterocycles. The first kappa shape index (κ1) is 20.2. The van der Waals surface area contributed by atoms with Crippen molar-refractivity contribution in [2.24, 2.45) is 0 Å². The smallest absolute Gasteiger partial charge is 0.261 e. The highest BCUT2D eigenvalue weighted by Crippen LogP contribution is 2.30. The summed E-state index contributed by atoms with van der Waals surface area (Å²) in [5.74, 6) is 0.544. The molecule has 8 nitrogen and oxygen atoms in total. The van der Waals surface area contributed by atoms with Gasteiger partial charge in [0.05, 0.1) is 36.6 Å². The van der Waals surface area contributed by atoms with Gasteiger partial charge in [-0.25, -0.2) is 8.42 Å². The molecule has 0 aliphatic heterocycles. The lowest BCUT2D eigenvalue weighted by atomic mass is 10.2. The average Bonchev–Trinajstić information content (AvgIpc) is 2.74. The van der Waals surface area contributed by atoms with Crippen molar-refractivity contribution in [3.63, 3.8) is 0 Å². The lowest BCUT2D eigenvalue weighted by molar-refractivity contribution is 0.102. The molecule has 150 valence electrons. The molecule has 29 heavy (non-hydrogen) atoms. The quantitative estimate of drug-likeness (QED) is 0.616. The Morgan fingerprint density at radius 2 is 1.62 bits per heavy atom. The van der Waals surface area contributed by atoms with Gasteiger partial charge < -0.3 is 14.8 Å². The van der Waals surface area contributed by atoms with Gasteiger partial charge in [-0.3, -0.25) is 14.5 Å². The fraction of sp³-hybridized carbons (Fsp3) is 0.100. The van der Waals surface area contributed by atoms with E-state index in [0.717, 1.165) is 0 Å². The first-order valence-corrected chi connectivity index (χ1v) is 9.97. The molecule has 2 N–H and O–H groups in total. The molecule has 1 aromatic heterocycles. The van der Waals surface area contributed by atoms with Gasteiger partial charge >= 0.3 is 0 Å². The van der Waals surface area contributed by atoms with Crippen LogP contribution in [0.2, 0.25) is 0 Å².